The summed E-state index contributed by atoms with van der Waals surface area (Å²) in [4.78, 5) is 32.6. The van der Waals surface area contributed by atoms with E-state index in [4.69, 9.17) is 30.9 Å². The second-order valence-corrected chi connectivity index (χ2v) is 11.4. The molecule has 9 nitrogen and oxygen atoms in total. The number of phosphoric acid groups is 1. The molecule has 0 spiro atoms. The van der Waals surface area contributed by atoms with Crippen molar-refractivity contribution in [3.05, 3.63) is 94.5 Å². The Hall–Kier alpha value is -2.91. The lowest BCUT2D eigenvalue weighted by molar-refractivity contribution is -0.132. The molecule has 3 aromatic rings. The first-order chi connectivity index (χ1) is 19.7. The van der Waals surface area contributed by atoms with Crippen LogP contribution in [-0.4, -0.2) is 47.5 Å². The highest BCUT2D eigenvalue weighted by Crippen LogP contribution is 2.35. The third kappa shape index (κ3) is 13.4. The number of aryl methyl sites for hydroxylation is 2. The third-order valence-electron chi connectivity index (χ3n) is 6.58. The largest absolute Gasteiger partial charge is 0.497 e. The Morgan fingerprint density at radius 1 is 0.857 bits per heavy atom. The Morgan fingerprint density at radius 3 is 2.24 bits per heavy atom. The van der Waals surface area contributed by atoms with E-state index >= 15 is 0 Å². The fourth-order valence-corrected chi connectivity index (χ4v) is 4.89. The molecule has 1 amide bonds. The van der Waals surface area contributed by atoms with Crippen molar-refractivity contribution in [2.75, 3.05) is 26.9 Å². The summed E-state index contributed by atoms with van der Waals surface area (Å²) in [5, 5.41) is 0.670. The van der Waals surface area contributed by atoms with Crippen molar-refractivity contribution in [2.45, 2.75) is 51.5 Å². The molecule has 0 saturated carbocycles. The van der Waals surface area contributed by atoms with Crippen molar-refractivity contribution in [1.29, 1.82) is 0 Å². The number of ether oxygens (including phenoxy) is 2. The van der Waals surface area contributed by atoms with E-state index in [1.807, 2.05) is 36.4 Å². The van der Waals surface area contributed by atoms with E-state index < -0.39 is 7.82 Å². The van der Waals surface area contributed by atoms with Crippen molar-refractivity contribution in [3.8, 4) is 11.5 Å². The van der Waals surface area contributed by atoms with Crippen LogP contribution in [0.2, 0.25) is 5.02 Å². The zero-order valence-electron chi connectivity index (χ0n) is 24.1. The molecule has 11 heteroatoms. The first kappa shape index (κ1) is 35.3. The van der Waals surface area contributed by atoms with Gasteiger partial charge in [-0.1, -0.05) is 54.1 Å². The minimum absolute atomic E-state index is 0. The molecule has 3 aromatic carbocycles. The van der Waals surface area contributed by atoms with Crippen molar-refractivity contribution in [2.24, 2.45) is 0 Å². The fraction of sp³-hybridized carbons (Fsp3) is 0.387. The molecule has 0 bridgehead atoms. The molecule has 3 rings (SSSR count). The van der Waals surface area contributed by atoms with E-state index in [0.717, 1.165) is 42.6 Å². The molecular formula is C31H42ClN2O7P. The molecule has 0 aromatic heterocycles. The zero-order chi connectivity index (χ0) is 29.5. The second kappa shape index (κ2) is 18.6. The molecule has 0 unspecified atom stereocenters. The number of phosphoric ester groups is 1. The number of carbonyl (C=O) groups excluding carboxylic acids is 1. The number of unbranched alkanes of at least 4 members (excludes halogenated alkanes) is 2. The Balaban J connectivity index is 0.00000616. The van der Waals surface area contributed by atoms with E-state index in [1.54, 1.807) is 24.1 Å². The molecule has 0 fully saturated rings. The number of methoxy groups -OCH3 is 1. The predicted molar refractivity (Wildman–Crippen MR) is 165 cm³/mol. The third-order valence-corrected chi connectivity index (χ3v) is 7.47. The Labute approximate surface area is 253 Å². The van der Waals surface area contributed by atoms with Crippen LogP contribution in [-0.2, 0) is 33.3 Å². The van der Waals surface area contributed by atoms with Crippen LogP contribution in [0, 0.1) is 0 Å². The predicted octanol–water partition coefficient (Wildman–Crippen LogP) is 6.76. The summed E-state index contributed by atoms with van der Waals surface area (Å²) >= 11 is 6.43. The number of nitrogens with zero attached hydrogens (tertiary/aromatic N) is 1. The van der Waals surface area contributed by atoms with Crippen molar-refractivity contribution < 1.29 is 33.1 Å². The quantitative estimate of drug-likeness (QED) is 0.105. The topological polar surface area (TPSA) is 141 Å². The summed E-state index contributed by atoms with van der Waals surface area (Å²) in [5.41, 5.74) is 3.18. The van der Waals surface area contributed by atoms with Crippen LogP contribution in [0.25, 0.3) is 0 Å². The van der Waals surface area contributed by atoms with Gasteiger partial charge in [0, 0.05) is 24.5 Å². The molecule has 5 N–H and O–H groups in total. The number of carbonyl (C=O) groups is 1. The van der Waals surface area contributed by atoms with Gasteiger partial charge < -0.3 is 30.3 Å². The van der Waals surface area contributed by atoms with Crippen LogP contribution < -0.4 is 15.6 Å². The summed E-state index contributed by atoms with van der Waals surface area (Å²) in [6, 6.07) is 23.4. The lowest BCUT2D eigenvalue weighted by Crippen LogP contribution is -2.33. The molecule has 0 aliphatic rings. The summed E-state index contributed by atoms with van der Waals surface area (Å²) in [6.45, 7) is 0.732. The van der Waals surface area contributed by atoms with Gasteiger partial charge in [-0.2, -0.15) is 0 Å². The lowest BCUT2D eigenvalue weighted by atomic mass is 10.1. The molecule has 42 heavy (non-hydrogen) atoms. The molecule has 0 radical (unpaired) electrons. The maximum Gasteiger partial charge on any atom is 0.469 e. The average Bonchev–Trinajstić information content (AvgIpc) is 2.96. The van der Waals surface area contributed by atoms with E-state index in [9.17, 15) is 9.36 Å². The second-order valence-electron chi connectivity index (χ2n) is 9.74. The van der Waals surface area contributed by atoms with E-state index in [2.05, 4.69) is 28.8 Å². The zero-order valence-corrected chi connectivity index (χ0v) is 25.8. The Bertz CT molecular complexity index is 1260. The summed E-state index contributed by atoms with van der Waals surface area (Å²) in [5.74, 6) is 1.37. The summed E-state index contributed by atoms with van der Waals surface area (Å²) in [7, 11) is -3.04. The molecule has 230 valence electrons. The fourth-order valence-electron chi connectivity index (χ4n) is 4.36. The Morgan fingerprint density at radius 2 is 1.55 bits per heavy atom. The molecule has 0 aliphatic heterocycles. The smallest absolute Gasteiger partial charge is 0.469 e. The van der Waals surface area contributed by atoms with Crippen molar-refractivity contribution >= 4 is 25.3 Å². The highest BCUT2D eigenvalue weighted by atomic mass is 35.5. The first-order valence-corrected chi connectivity index (χ1v) is 15.7. The molecular weight excluding hydrogens is 579 g/mol. The lowest BCUT2D eigenvalue weighted by Gasteiger charge is -2.23. The van der Waals surface area contributed by atoms with Gasteiger partial charge in [-0.15, -0.1) is 0 Å². The highest BCUT2D eigenvalue weighted by molar-refractivity contribution is 7.46. The number of rotatable bonds is 18. The standard InChI is InChI=1S/C31H39ClNO7P.H3N/c1-38-28-16-14-26(15-17-28)24-33(20-22-40-41(35,36)37)31(34)13-6-5-12-27-23-29(18-19-30(27)32)39-21-8-7-11-25-9-3-2-4-10-25;/h2-4,9-10,14-19,23H,5-8,11-13,20-22,24H2,1H3,(H2,35,36,37);1H3. The first-order valence-electron chi connectivity index (χ1n) is 13.8. The van der Waals surface area contributed by atoms with Crippen LogP contribution in [0.4, 0.5) is 0 Å². The van der Waals surface area contributed by atoms with E-state index in [-0.39, 0.29) is 25.2 Å². The van der Waals surface area contributed by atoms with Gasteiger partial charge in [0.05, 0.1) is 20.3 Å². The number of benzene rings is 3. The van der Waals surface area contributed by atoms with Crippen LogP contribution in [0.15, 0.2) is 72.8 Å². The van der Waals surface area contributed by atoms with Crippen molar-refractivity contribution in [3.63, 3.8) is 0 Å². The van der Waals surface area contributed by atoms with Crippen LogP contribution in [0.5, 0.6) is 11.5 Å². The van der Waals surface area contributed by atoms with Crippen molar-refractivity contribution in [1.82, 2.24) is 11.1 Å². The monoisotopic (exact) mass is 620 g/mol. The van der Waals surface area contributed by atoms with Gasteiger partial charge in [-0.3, -0.25) is 9.32 Å². The average molecular weight is 621 g/mol. The summed E-state index contributed by atoms with van der Waals surface area (Å²) in [6.07, 6.45) is 5.43. The van der Waals surface area contributed by atoms with Crippen LogP contribution >= 0.6 is 19.4 Å². The normalized spacial score (nSPS) is 11.0. The maximum absolute atomic E-state index is 13.0. The number of hydrogen-bond acceptors (Lipinski definition) is 6. The molecule has 0 aliphatic carbocycles. The van der Waals surface area contributed by atoms with Gasteiger partial charge in [0.2, 0.25) is 5.91 Å². The van der Waals surface area contributed by atoms with Gasteiger partial charge in [-0.25, -0.2) is 4.57 Å². The van der Waals surface area contributed by atoms with Gasteiger partial charge >= 0.3 is 7.82 Å². The minimum atomic E-state index is -4.62. The van der Waals surface area contributed by atoms with E-state index in [0.29, 0.717) is 43.2 Å². The Kier molecular flexibility index (Phi) is 15.6. The number of hydrogen-bond donors (Lipinski definition) is 3. The summed E-state index contributed by atoms with van der Waals surface area (Å²) < 4.78 is 26.8. The highest BCUT2D eigenvalue weighted by Gasteiger charge is 2.18. The van der Waals surface area contributed by atoms with Crippen LogP contribution in [0.3, 0.4) is 0 Å². The van der Waals surface area contributed by atoms with Gasteiger partial charge in [0.25, 0.3) is 0 Å². The number of halogens is 1. The van der Waals surface area contributed by atoms with Gasteiger partial charge in [-0.05, 0) is 85.5 Å². The number of amides is 1. The maximum atomic E-state index is 13.0. The van der Waals surface area contributed by atoms with Gasteiger partial charge in [0.1, 0.15) is 11.5 Å². The van der Waals surface area contributed by atoms with Gasteiger partial charge in [0.15, 0.2) is 0 Å². The SMILES string of the molecule is COc1ccc(CN(CCOP(=O)(O)O)C(=O)CCCCc2cc(OCCCCc3ccccc3)ccc2Cl)cc1.N. The van der Waals surface area contributed by atoms with E-state index in [1.165, 1.54) is 5.56 Å². The molecule has 0 saturated heterocycles. The molecule has 0 heterocycles. The van der Waals surface area contributed by atoms with Crippen LogP contribution in [0.1, 0.15) is 48.8 Å². The minimum Gasteiger partial charge on any atom is -0.497 e. The molecule has 0 atom stereocenters.